The molecule has 11 heteroatoms. The molecule has 0 aromatic heterocycles. The minimum atomic E-state index is -3.78. The van der Waals surface area contributed by atoms with Gasteiger partial charge in [-0.05, 0) is 29.8 Å². The summed E-state index contributed by atoms with van der Waals surface area (Å²) in [6, 6.07) is 9.52. The van der Waals surface area contributed by atoms with Gasteiger partial charge in [0.25, 0.3) is 0 Å². The molecule has 150 valence electrons. The smallest absolute Gasteiger partial charge is 0.247 e. The molecule has 1 aliphatic rings. The van der Waals surface area contributed by atoms with E-state index >= 15 is 0 Å². The number of nitrogens with one attached hydrogen (secondary N) is 1. The number of hydrogen-bond donors (Lipinski definition) is 1. The molecule has 7 nitrogen and oxygen atoms in total. The van der Waals surface area contributed by atoms with Crippen LogP contribution in [0.1, 0.15) is 23.6 Å². The molecule has 0 spiro atoms. The van der Waals surface area contributed by atoms with E-state index in [1.165, 1.54) is 30.3 Å². The number of hydrazone groups is 1. The number of benzene rings is 2. The quantitative estimate of drug-likeness (QED) is 0.765. The SMILES string of the molecule is CS(=O)(=O)Nc1ccc(C2=NN(S(C)(=O)=O)C(c3c(F)cccc3Cl)C2)cc1. The molecule has 1 aliphatic heterocycles. The Morgan fingerprint density at radius 2 is 1.75 bits per heavy atom. The molecule has 0 amide bonds. The van der Waals surface area contributed by atoms with E-state index < -0.39 is 31.9 Å². The van der Waals surface area contributed by atoms with E-state index in [2.05, 4.69) is 9.82 Å². The fourth-order valence-electron chi connectivity index (χ4n) is 2.96. The highest BCUT2D eigenvalue weighted by Crippen LogP contribution is 2.39. The van der Waals surface area contributed by atoms with Gasteiger partial charge >= 0.3 is 0 Å². The fraction of sp³-hybridized carbons (Fsp3) is 0.235. The summed E-state index contributed by atoms with van der Waals surface area (Å²) in [7, 11) is -7.19. The third-order valence-corrected chi connectivity index (χ3v) is 6.02. The molecule has 1 N–H and O–H groups in total. The van der Waals surface area contributed by atoms with Gasteiger partial charge in [0.1, 0.15) is 5.82 Å². The standard InChI is InChI=1S/C17H17ClFN3O4S2/c1-27(23,24)21-12-8-6-11(7-9-12)15-10-16(22(20-15)28(2,25)26)17-13(18)4-3-5-14(17)19/h3-9,16,21H,10H2,1-2H3. The van der Waals surface area contributed by atoms with E-state index in [0.717, 1.165) is 16.9 Å². The largest absolute Gasteiger partial charge is 0.284 e. The summed E-state index contributed by atoms with van der Waals surface area (Å²) >= 11 is 6.12. The molecule has 0 radical (unpaired) electrons. The zero-order chi connectivity index (χ0) is 20.7. The van der Waals surface area contributed by atoms with Crippen molar-refractivity contribution in [2.75, 3.05) is 17.2 Å². The first-order valence-corrected chi connectivity index (χ1v) is 12.2. The van der Waals surface area contributed by atoms with Crippen LogP contribution in [0, 0.1) is 5.82 Å². The molecule has 1 heterocycles. The molecule has 0 fully saturated rings. The highest BCUT2D eigenvalue weighted by molar-refractivity contribution is 7.92. The van der Waals surface area contributed by atoms with Crippen LogP contribution in [0.2, 0.25) is 5.02 Å². The van der Waals surface area contributed by atoms with Gasteiger partial charge in [-0.2, -0.15) is 9.52 Å². The maximum absolute atomic E-state index is 14.4. The lowest BCUT2D eigenvalue weighted by Gasteiger charge is -2.22. The normalized spacial score (nSPS) is 17.5. The van der Waals surface area contributed by atoms with Crippen molar-refractivity contribution < 1.29 is 21.2 Å². The van der Waals surface area contributed by atoms with Crippen LogP contribution < -0.4 is 4.72 Å². The molecular weight excluding hydrogens is 429 g/mol. The van der Waals surface area contributed by atoms with Gasteiger partial charge < -0.3 is 0 Å². The monoisotopic (exact) mass is 445 g/mol. The maximum atomic E-state index is 14.4. The molecule has 0 saturated heterocycles. The van der Waals surface area contributed by atoms with Crippen LogP contribution in [-0.4, -0.2) is 39.5 Å². The van der Waals surface area contributed by atoms with Crippen LogP contribution in [-0.2, 0) is 20.0 Å². The van der Waals surface area contributed by atoms with E-state index in [4.69, 9.17) is 11.6 Å². The second-order valence-corrected chi connectivity index (χ2v) is 10.4. The second-order valence-electron chi connectivity index (χ2n) is 6.39. The Balaban J connectivity index is 1.98. The minimum Gasteiger partial charge on any atom is -0.284 e. The number of sulfonamides is 2. The van der Waals surface area contributed by atoms with E-state index in [1.54, 1.807) is 12.1 Å². The highest BCUT2D eigenvalue weighted by atomic mass is 35.5. The van der Waals surface area contributed by atoms with Crippen LogP contribution >= 0.6 is 11.6 Å². The zero-order valence-corrected chi connectivity index (χ0v) is 17.3. The summed E-state index contributed by atoms with van der Waals surface area (Å²) in [5, 5.41) is 4.29. The van der Waals surface area contributed by atoms with Crippen LogP contribution in [0.3, 0.4) is 0 Å². The molecule has 0 saturated carbocycles. The predicted molar refractivity (Wildman–Crippen MR) is 107 cm³/mol. The average molecular weight is 446 g/mol. The topological polar surface area (TPSA) is 95.9 Å². The summed E-state index contributed by atoms with van der Waals surface area (Å²) < 4.78 is 64.6. The van der Waals surface area contributed by atoms with E-state index in [-0.39, 0.29) is 17.0 Å². The third kappa shape index (κ3) is 4.45. The first-order valence-electron chi connectivity index (χ1n) is 8.05. The van der Waals surface area contributed by atoms with E-state index in [0.29, 0.717) is 17.0 Å². The van der Waals surface area contributed by atoms with Crippen molar-refractivity contribution in [3.05, 3.63) is 64.4 Å². The first-order chi connectivity index (χ1) is 13.0. The van der Waals surface area contributed by atoms with Crippen LogP contribution in [0.15, 0.2) is 47.6 Å². The number of anilines is 1. The minimum absolute atomic E-state index is 0.0590. The van der Waals surface area contributed by atoms with Gasteiger partial charge in [0.2, 0.25) is 20.0 Å². The Bertz CT molecular complexity index is 1130. The lowest BCUT2D eigenvalue weighted by atomic mass is 9.98. The number of hydrogen-bond acceptors (Lipinski definition) is 5. The van der Waals surface area contributed by atoms with Gasteiger partial charge in [-0.15, -0.1) is 0 Å². The van der Waals surface area contributed by atoms with Crippen molar-refractivity contribution >= 4 is 43.0 Å². The van der Waals surface area contributed by atoms with Gasteiger partial charge in [-0.3, -0.25) is 4.72 Å². The van der Waals surface area contributed by atoms with Gasteiger partial charge in [0.15, 0.2) is 0 Å². The Hall–Kier alpha value is -2.17. The maximum Gasteiger partial charge on any atom is 0.247 e. The molecule has 1 unspecified atom stereocenters. The van der Waals surface area contributed by atoms with Gasteiger partial charge in [-0.25, -0.2) is 21.2 Å². The Morgan fingerprint density at radius 3 is 2.29 bits per heavy atom. The summed E-state index contributed by atoms with van der Waals surface area (Å²) in [5.74, 6) is -0.615. The molecule has 2 aromatic carbocycles. The molecule has 3 rings (SSSR count). The van der Waals surface area contributed by atoms with E-state index in [1.807, 2.05) is 0 Å². The summed E-state index contributed by atoms with van der Waals surface area (Å²) in [5.41, 5.74) is 1.42. The van der Waals surface area contributed by atoms with Crippen molar-refractivity contribution in [1.29, 1.82) is 0 Å². The summed E-state index contributed by atoms with van der Waals surface area (Å²) in [6.45, 7) is 0. The molecule has 0 bridgehead atoms. The molecule has 0 aliphatic carbocycles. The Morgan fingerprint density at radius 1 is 1.11 bits per heavy atom. The van der Waals surface area contributed by atoms with Crippen molar-refractivity contribution in [2.24, 2.45) is 5.10 Å². The van der Waals surface area contributed by atoms with Crippen molar-refractivity contribution in [3.8, 4) is 0 Å². The summed E-state index contributed by atoms with van der Waals surface area (Å²) in [6.07, 6.45) is 2.14. The lowest BCUT2D eigenvalue weighted by molar-refractivity contribution is 0.365. The fourth-order valence-corrected chi connectivity index (χ4v) is 4.70. The van der Waals surface area contributed by atoms with Crippen LogP contribution in [0.25, 0.3) is 0 Å². The van der Waals surface area contributed by atoms with Crippen molar-refractivity contribution in [1.82, 2.24) is 4.41 Å². The average Bonchev–Trinajstić information content (AvgIpc) is 2.99. The van der Waals surface area contributed by atoms with Gasteiger partial charge in [0.05, 0.1) is 24.3 Å². The van der Waals surface area contributed by atoms with E-state index in [9.17, 15) is 21.2 Å². The third-order valence-electron chi connectivity index (χ3n) is 4.07. The molecule has 28 heavy (non-hydrogen) atoms. The number of nitrogens with zero attached hydrogens (tertiary/aromatic N) is 2. The summed E-state index contributed by atoms with van der Waals surface area (Å²) in [4.78, 5) is 0. The Kier molecular flexibility index (Phi) is 5.39. The van der Waals surface area contributed by atoms with Crippen molar-refractivity contribution in [3.63, 3.8) is 0 Å². The predicted octanol–water partition coefficient (Wildman–Crippen LogP) is 2.96. The van der Waals surface area contributed by atoms with Crippen LogP contribution in [0.4, 0.5) is 10.1 Å². The second kappa shape index (κ2) is 7.34. The number of rotatable bonds is 5. The first kappa shape index (κ1) is 20.6. The van der Waals surface area contributed by atoms with Crippen molar-refractivity contribution in [2.45, 2.75) is 12.5 Å². The Labute approximate surface area is 167 Å². The van der Waals surface area contributed by atoms with Gasteiger partial charge in [0, 0.05) is 22.7 Å². The number of halogens is 2. The zero-order valence-electron chi connectivity index (χ0n) is 14.9. The van der Waals surface area contributed by atoms with Gasteiger partial charge in [-0.1, -0.05) is 29.8 Å². The molecule has 1 atom stereocenters. The molecular formula is C17H17ClFN3O4S2. The van der Waals surface area contributed by atoms with Crippen LogP contribution in [0.5, 0.6) is 0 Å². The lowest BCUT2D eigenvalue weighted by Crippen LogP contribution is -2.26. The highest BCUT2D eigenvalue weighted by Gasteiger charge is 2.37. The molecule has 2 aromatic rings.